The number of aliphatic hydroxyl groups is 2. The molecule has 46 heavy (non-hydrogen) atoms. The number of carbonyl (C=O) groups excluding carboxylic acids is 1. The van der Waals surface area contributed by atoms with Crippen LogP contribution in [0.3, 0.4) is 0 Å². The largest absolute Gasteiger partial charge is 0.392 e. The molecular weight excluding hydrogens is 578 g/mol. The Balaban J connectivity index is 1.34. The van der Waals surface area contributed by atoms with E-state index in [0.717, 1.165) is 38.9 Å². The molecule has 5 atom stereocenters. The smallest absolute Gasteiger partial charge is 0.315 e. The maximum Gasteiger partial charge on any atom is 0.315 e. The Morgan fingerprint density at radius 3 is 2.26 bits per heavy atom. The number of aliphatic hydroxyl groups excluding tert-OH is 2. The molecule has 4 aromatic rings. The van der Waals surface area contributed by atoms with Crippen LogP contribution in [0.4, 0.5) is 4.79 Å². The number of rotatable bonds is 12. The third-order valence-corrected chi connectivity index (χ3v) is 8.69. The van der Waals surface area contributed by atoms with Gasteiger partial charge in [-0.3, -0.25) is 4.90 Å². The van der Waals surface area contributed by atoms with Crippen molar-refractivity contribution in [2.75, 3.05) is 20.1 Å². The van der Waals surface area contributed by atoms with Crippen molar-refractivity contribution in [3.63, 3.8) is 0 Å². The fourth-order valence-corrected chi connectivity index (χ4v) is 5.86. The summed E-state index contributed by atoms with van der Waals surface area (Å²) >= 11 is 0. The molecule has 0 radical (unpaired) electrons. The fraction of sp³-hybridized carbons (Fsp3) is 0.342. The lowest BCUT2D eigenvalue weighted by molar-refractivity contribution is -0.253. The summed E-state index contributed by atoms with van der Waals surface area (Å²) < 4.78 is 13.2. The Morgan fingerprint density at radius 2 is 1.57 bits per heavy atom. The summed E-state index contributed by atoms with van der Waals surface area (Å²) in [6.07, 6.45) is -0.933. The van der Waals surface area contributed by atoms with Crippen LogP contribution in [-0.2, 0) is 22.6 Å². The van der Waals surface area contributed by atoms with Gasteiger partial charge >= 0.3 is 6.03 Å². The summed E-state index contributed by atoms with van der Waals surface area (Å²) in [4.78, 5) is 14.1. The molecule has 5 rings (SSSR count). The molecule has 0 aliphatic carbocycles. The van der Waals surface area contributed by atoms with Gasteiger partial charge < -0.3 is 30.3 Å². The number of nitrogens with one attached hydrogen (secondary N) is 2. The van der Waals surface area contributed by atoms with Gasteiger partial charge in [0.15, 0.2) is 6.29 Å². The highest BCUT2D eigenvalue weighted by Crippen LogP contribution is 2.39. The van der Waals surface area contributed by atoms with E-state index in [-0.39, 0.29) is 30.9 Å². The van der Waals surface area contributed by atoms with Crippen molar-refractivity contribution in [3.8, 4) is 11.1 Å². The first kappa shape index (κ1) is 33.3. The molecule has 1 aliphatic rings. The van der Waals surface area contributed by atoms with Crippen molar-refractivity contribution < 1.29 is 24.5 Å². The normalized spacial score (nSPS) is 19.4. The van der Waals surface area contributed by atoms with Gasteiger partial charge in [0.2, 0.25) is 0 Å². The zero-order chi connectivity index (χ0) is 32.5. The van der Waals surface area contributed by atoms with Gasteiger partial charge in [-0.25, -0.2) is 4.79 Å². The summed E-state index contributed by atoms with van der Waals surface area (Å²) in [5.74, 6) is 0. The van der Waals surface area contributed by atoms with E-state index < -0.39 is 12.4 Å². The van der Waals surface area contributed by atoms with Crippen LogP contribution in [0.2, 0.25) is 0 Å². The van der Waals surface area contributed by atoms with Crippen LogP contribution >= 0.6 is 0 Å². The molecule has 4 aromatic carbocycles. The Kier molecular flexibility index (Phi) is 11.6. The van der Waals surface area contributed by atoms with Crippen LogP contribution in [-0.4, -0.2) is 53.4 Å². The zero-order valence-corrected chi connectivity index (χ0v) is 26.8. The van der Waals surface area contributed by atoms with Crippen LogP contribution in [0.25, 0.3) is 11.1 Å². The lowest BCUT2D eigenvalue weighted by Gasteiger charge is -2.39. The number of urea groups is 1. The summed E-state index contributed by atoms with van der Waals surface area (Å²) in [6.45, 7) is 5.51. The molecule has 0 spiro atoms. The van der Waals surface area contributed by atoms with E-state index in [2.05, 4.69) is 33.7 Å². The Bertz CT molecular complexity index is 1530. The Labute approximate surface area is 272 Å². The highest BCUT2D eigenvalue weighted by Gasteiger charge is 2.34. The molecule has 0 bridgehead atoms. The lowest BCUT2D eigenvalue weighted by atomic mass is 9.97. The molecular formula is C38H45N3O5. The highest BCUT2D eigenvalue weighted by molar-refractivity contribution is 5.74. The van der Waals surface area contributed by atoms with Gasteiger partial charge in [0, 0.05) is 37.7 Å². The number of nitrogens with zero attached hydrogens (tertiary/aromatic N) is 1. The third-order valence-electron chi connectivity index (χ3n) is 8.69. The van der Waals surface area contributed by atoms with Gasteiger partial charge in [-0.1, -0.05) is 103 Å². The molecule has 1 fully saturated rings. The lowest BCUT2D eigenvalue weighted by Crippen LogP contribution is -2.43. The maximum absolute atomic E-state index is 12.0. The minimum Gasteiger partial charge on any atom is -0.392 e. The van der Waals surface area contributed by atoms with Crippen molar-refractivity contribution in [2.24, 2.45) is 0 Å². The Hall–Kier alpha value is -4.05. The highest BCUT2D eigenvalue weighted by atomic mass is 16.7. The number of amides is 2. The first-order valence-corrected chi connectivity index (χ1v) is 16.0. The van der Waals surface area contributed by atoms with Gasteiger partial charge in [0.1, 0.15) is 0 Å². The SMILES string of the molecule is CCNC(=O)NCc1ccccc1-c1ccc([C@H]2O[C@@H](CN(C)[C@H](C)[C@@H](O)c3ccccc3)C[C@@H](c3ccc(CO)cc3)O2)cc1. The third kappa shape index (κ3) is 8.40. The molecule has 1 aliphatic heterocycles. The van der Waals surface area contributed by atoms with Gasteiger partial charge in [-0.05, 0) is 54.3 Å². The quantitative estimate of drug-likeness (QED) is 0.149. The average molecular weight is 624 g/mol. The summed E-state index contributed by atoms with van der Waals surface area (Å²) in [7, 11) is 2.02. The topological polar surface area (TPSA) is 103 Å². The molecule has 0 aromatic heterocycles. The van der Waals surface area contributed by atoms with E-state index in [1.807, 2.05) is 106 Å². The van der Waals surface area contributed by atoms with Gasteiger partial charge in [0.05, 0.1) is 24.9 Å². The number of hydrogen-bond acceptors (Lipinski definition) is 6. The second-order valence-electron chi connectivity index (χ2n) is 11.9. The molecule has 242 valence electrons. The minimum atomic E-state index is -0.629. The second-order valence-corrected chi connectivity index (χ2v) is 11.9. The fourth-order valence-electron chi connectivity index (χ4n) is 5.86. The Morgan fingerprint density at radius 1 is 0.891 bits per heavy atom. The first-order valence-electron chi connectivity index (χ1n) is 16.0. The van der Waals surface area contributed by atoms with Crippen molar-refractivity contribution in [3.05, 3.63) is 131 Å². The summed E-state index contributed by atoms with van der Waals surface area (Å²) in [6, 6.07) is 33.5. The first-order chi connectivity index (χ1) is 22.4. The molecule has 0 unspecified atom stereocenters. The number of ether oxygens (including phenoxy) is 2. The maximum atomic E-state index is 12.0. The van der Waals surface area contributed by atoms with Gasteiger partial charge in [0.25, 0.3) is 0 Å². The van der Waals surface area contributed by atoms with E-state index in [1.165, 1.54) is 0 Å². The molecule has 1 saturated heterocycles. The molecule has 1 heterocycles. The second kappa shape index (κ2) is 16.0. The number of benzene rings is 4. The van der Waals surface area contributed by atoms with Crippen molar-refractivity contribution in [2.45, 2.75) is 64.1 Å². The van der Waals surface area contributed by atoms with Gasteiger partial charge in [-0.2, -0.15) is 0 Å². The molecule has 8 heteroatoms. The summed E-state index contributed by atoms with van der Waals surface area (Å²) in [5.41, 5.74) is 6.77. The number of hydrogen-bond donors (Lipinski definition) is 4. The predicted molar refractivity (Wildman–Crippen MR) is 180 cm³/mol. The van der Waals surface area contributed by atoms with Crippen LogP contribution < -0.4 is 10.6 Å². The molecule has 4 N–H and O–H groups in total. The van der Waals surface area contributed by atoms with Crippen molar-refractivity contribution >= 4 is 6.03 Å². The number of carbonyl (C=O) groups is 1. The van der Waals surface area contributed by atoms with Crippen LogP contribution in [0.15, 0.2) is 103 Å². The predicted octanol–water partition coefficient (Wildman–Crippen LogP) is 6.26. The van der Waals surface area contributed by atoms with Crippen LogP contribution in [0.1, 0.15) is 66.6 Å². The van der Waals surface area contributed by atoms with E-state index >= 15 is 0 Å². The van der Waals surface area contributed by atoms with E-state index in [4.69, 9.17) is 9.47 Å². The van der Waals surface area contributed by atoms with E-state index in [9.17, 15) is 15.0 Å². The number of likely N-dealkylation sites (N-methyl/N-ethyl adjacent to an activating group) is 1. The van der Waals surface area contributed by atoms with E-state index in [1.54, 1.807) is 0 Å². The van der Waals surface area contributed by atoms with Gasteiger partial charge in [-0.15, -0.1) is 0 Å². The molecule has 2 amide bonds. The van der Waals surface area contributed by atoms with Crippen LogP contribution in [0, 0.1) is 0 Å². The van der Waals surface area contributed by atoms with E-state index in [0.29, 0.717) is 26.1 Å². The van der Waals surface area contributed by atoms with Crippen molar-refractivity contribution in [1.29, 1.82) is 0 Å². The minimum absolute atomic E-state index is 0.00986. The standard InChI is InChI=1S/C38H45N3O5/c1-4-39-38(44)40-23-32-12-8-9-13-34(32)28-18-20-31(21-19-28)37-45-33(22-35(46-37)29-16-14-27(25-42)15-17-29)24-41(3)26(2)36(43)30-10-6-5-7-11-30/h5-21,26,33,35-37,42-43H,4,22-25H2,1-3H3,(H2,39,40,44)/t26-,33-,35+,36-,37+/m1/s1. The zero-order valence-electron chi connectivity index (χ0n) is 26.8. The van der Waals surface area contributed by atoms with Crippen LogP contribution in [0.5, 0.6) is 0 Å². The average Bonchev–Trinajstić information content (AvgIpc) is 3.10. The molecule has 0 saturated carbocycles. The van der Waals surface area contributed by atoms with Crippen molar-refractivity contribution in [1.82, 2.24) is 15.5 Å². The monoisotopic (exact) mass is 623 g/mol. The molecule has 8 nitrogen and oxygen atoms in total. The summed E-state index contributed by atoms with van der Waals surface area (Å²) in [5, 5.41) is 26.3.